The third-order valence-corrected chi connectivity index (χ3v) is 7.79. The molecular weight excluding hydrogens is 370 g/mol. The second-order valence-corrected chi connectivity index (χ2v) is 9.47. The second kappa shape index (κ2) is 8.73. The van der Waals surface area contributed by atoms with E-state index < -0.39 is 0 Å². The van der Waals surface area contributed by atoms with Crippen LogP contribution in [0.25, 0.3) is 0 Å². The largest absolute Gasteiger partial charge is 0.340 e. The first-order valence-electron chi connectivity index (χ1n) is 11.1. The van der Waals surface area contributed by atoms with Crippen molar-refractivity contribution in [1.29, 1.82) is 0 Å². The summed E-state index contributed by atoms with van der Waals surface area (Å²) in [6.45, 7) is 3.93. The molecule has 5 heteroatoms. The number of hydrogen-bond acceptors (Lipinski definition) is 3. The van der Waals surface area contributed by atoms with Crippen molar-refractivity contribution >= 4 is 17.5 Å². The van der Waals surface area contributed by atoms with Crippen LogP contribution in [0.1, 0.15) is 63.4 Å². The number of benzene rings is 1. The van der Waals surface area contributed by atoms with Crippen LogP contribution in [0.5, 0.6) is 0 Å². The van der Waals surface area contributed by atoms with E-state index in [1.807, 2.05) is 12.1 Å². The van der Waals surface area contributed by atoms with Gasteiger partial charge in [-0.1, -0.05) is 23.7 Å². The van der Waals surface area contributed by atoms with Gasteiger partial charge in [-0.15, -0.1) is 0 Å². The molecule has 2 aliphatic heterocycles. The van der Waals surface area contributed by atoms with Crippen LogP contribution in [0.2, 0.25) is 5.02 Å². The van der Waals surface area contributed by atoms with Gasteiger partial charge in [0.15, 0.2) is 0 Å². The molecule has 154 valence electrons. The molecule has 4 rings (SSSR count). The summed E-state index contributed by atoms with van der Waals surface area (Å²) in [5.74, 6) is 0.386. The average molecular weight is 404 g/mol. The van der Waals surface area contributed by atoms with Gasteiger partial charge < -0.3 is 15.5 Å². The van der Waals surface area contributed by atoms with Gasteiger partial charge in [-0.3, -0.25) is 4.79 Å². The molecule has 0 atom stereocenters. The molecule has 3 aliphatic rings. The second-order valence-electron chi connectivity index (χ2n) is 9.04. The summed E-state index contributed by atoms with van der Waals surface area (Å²) < 4.78 is 0. The van der Waals surface area contributed by atoms with E-state index in [1.165, 1.54) is 24.8 Å². The van der Waals surface area contributed by atoms with Crippen LogP contribution in [-0.2, 0) is 10.2 Å². The molecule has 2 N–H and O–H groups in total. The number of amides is 1. The number of carbonyl (C=O) groups excluding carboxylic acids is 1. The smallest absolute Gasteiger partial charge is 0.222 e. The highest BCUT2D eigenvalue weighted by Gasteiger charge is 2.39. The van der Waals surface area contributed by atoms with Crippen molar-refractivity contribution in [1.82, 2.24) is 9.80 Å². The standard InChI is InChI=1S/C23H34ClN3O/c24-19-5-3-4-18(16-19)23(17-25)11-7-20(8-12-23)26-14-9-21(10-15-26)27-13-2-1-6-22(27)28/h3-5,16,20-21H,1-2,6-15,17,25H2. The molecule has 1 aliphatic carbocycles. The van der Waals surface area contributed by atoms with E-state index in [4.69, 9.17) is 17.3 Å². The molecule has 4 nitrogen and oxygen atoms in total. The highest BCUT2D eigenvalue weighted by molar-refractivity contribution is 6.30. The van der Waals surface area contributed by atoms with E-state index in [0.717, 1.165) is 63.2 Å². The van der Waals surface area contributed by atoms with Crippen molar-refractivity contribution in [3.8, 4) is 0 Å². The van der Waals surface area contributed by atoms with Gasteiger partial charge in [0, 0.05) is 55.1 Å². The van der Waals surface area contributed by atoms with Gasteiger partial charge >= 0.3 is 0 Å². The molecule has 3 fully saturated rings. The Morgan fingerprint density at radius 2 is 1.79 bits per heavy atom. The van der Waals surface area contributed by atoms with E-state index in [1.54, 1.807) is 0 Å². The number of nitrogens with two attached hydrogens (primary N) is 1. The lowest BCUT2D eigenvalue weighted by Gasteiger charge is -2.47. The van der Waals surface area contributed by atoms with Crippen LogP contribution in [0.15, 0.2) is 24.3 Å². The molecule has 1 aromatic rings. The summed E-state index contributed by atoms with van der Waals surface area (Å²) in [6.07, 6.45) is 9.97. The lowest BCUT2D eigenvalue weighted by molar-refractivity contribution is -0.137. The van der Waals surface area contributed by atoms with Crippen molar-refractivity contribution in [2.45, 2.75) is 75.3 Å². The number of piperidine rings is 2. The van der Waals surface area contributed by atoms with Gasteiger partial charge in [0.25, 0.3) is 0 Å². The highest BCUT2D eigenvalue weighted by Crippen LogP contribution is 2.41. The Labute approximate surface area is 174 Å². The van der Waals surface area contributed by atoms with Crippen molar-refractivity contribution in [3.05, 3.63) is 34.9 Å². The zero-order valence-corrected chi connectivity index (χ0v) is 17.7. The van der Waals surface area contributed by atoms with Crippen LogP contribution in [-0.4, -0.2) is 54.0 Å². The van der Waals surface area contributed by atoms with Gasteiger partial charge in [-0.2, -0.15) is 0 Å². The van der Waals surface area contributed by atoms with Crippen molar-refractivity contribution < 1.29 is 4.79 Å². The van der Waals surface area contributed by atoms with Gasteiger partial charge in [0.1, 0.15) is 0 Å². The number of hydrogen-bond donors (Lipinski definition) is 1. The summed E-state index contributed by atoms with van der Waals surface area (Å²) in [5.41, 5.74) is 7.66. The minimum atomic E-state index is 0.0833. The Kier molecular flexibility index (Phi) is 6.29. The zero-order valence-electron chi connectivity index (χ0n) is 16.9. The first-order valence-corrected chi connectivity index (χ1v) is 11.5. The highest BCUT2D eigenvalue weighted by atomic mass is 35.5. The maximum absolute atomic E-state index is 12.2. The van der Waals surface area contributed by atoms with Crippen molar-refractivity contribution in [3.63, 3.8) is 0 Å². The summed E-state index contributed by atoms with van der Waals surface area (Å²) >= 11 is 6.24. The first kappa shape index (κ1) is 20.2. The molecule has 1 aromatic carbocycles. The van der Waals surface area contributed by atoms with E-state index in [9.17, 15) is 4.79 Å². The maximum atomic E-state index is 12.2. The van der Waals surface area contributed by atoms with Crippen LogP contribution in [0.3, 0.4) is 0 Å². The Balaban J connectivity index is 1.32. The first-order chi connectivity index (χ1) is 13.6. The van der Waals surface area contributed by atoms with Crippen molar-refractivity contribution in [2.75, 3.05) is 26.2 Å². The molecule has 1 saturated carbocycles. The molecule has 2 saturated heterocycles. The minimum Gasteiger partial charge on any atom is -0.340 e. The third kappa shape index (κ3) is 4.10. The minimum absolute atomic E-state index is 0.0833. The Morgan fingerprint density at radius 3 is 2.43 bits per heavy atom. The van der Waals surface area contributed by atoms with Gasteiger partial charge in [0.2, 0.25) is 5.91 Å². The van der Waals surface area contributed by atoms with Gasteiger partial charge in [0.05, 0.1) is 0 Å². The topological polar surface area (TPSA) is 49.6 Å². The predicted molar refractivity (Wildman–Crippen MR) is 115 cm³/mol. The lowest BCUT2D eigenvalue weighted by Crippen LogP contribution is -2.52. The number of likely N-dealkylation sites (tertiary alicyclic amines) is 2. The van der Waals surface area contributed by atoms with Gasteiger partial charge in [-0.05, 0) is 69.1 Å². The van der Waals surface area contributed by atoms with E-state index in [0.29, 0.717) is 24.5 Å². The molecular formula is C23H34ClN3O. The van der Waals surface area contributed by atoms with Crippen LogP contribution in [0.4, 0.5) is 0 Å². The molecule has 0 aromatic heterocycles. The summed E-state index contributed by atoms with van der Waals surface area (Å²) in [5, 5.41) is 0.807. The molecule has 28 heavy (non-hydrogen) atoms. The molecule has 0 unspecified atom stereocenters. The SMILES string of the molecule is NCC1(c2cccc(Cl)c2)CCC(N2CCC(N3CCCCC3=O)CC2)CC1. The van der Waals surface area contributed by atoms with E-state index >= 15 is 0 Å². The van der Waals surface area contributed by atoms with Crippen LogP contribution < -0.4 is 5.73 Å². The number of nitrogens with zero attached hydrogens (tertiary/aromatic N) is 2. The lowest BCUT2D eigenvalue weighted by atomic mass is 9.68. The number of rotatable bonds is 4. The molecule has 0 radical (unpaired) electrons. The Morgan fingerprint density at radius 1 is 1.04 bits per heavy atom. The molecule has 1 amide bonds. The average Bonchev–Trinajstić information content (AvgIpc) is 2.74. The predicted octanol–water partition coefficient (Wildman–Crippen LogP) is 3.96. The normalized spacial score (nSPS) is 30.6. The fourth-order valence-electron chi connectivity index (χ4n) is 5.72. The Bertz CT molecular complexity index is 678. The van der Waals surface area contributed by atoms with E-state index in [2.05, 4.69) is 21.9 Å². The quantitative estimate of drug-likeness (QED) is 0.827. The molecule has 0 spiro atoms. The summed E-state index contributed by atoms with van der Waals surface area (Å²) in [7, 11) is 0. The fraction of sp³-hybridized carbons (Fsp3) is 0.696. The monoisotopic (exact) mass is 403 g/mol. The molecule has 2 heterocycles. The van der Waals surface area contributed by atoms with Crippen LogP contribution in [0, 0.1) is 0 Å². The maximum Gasteiger partial charge on any atom is 0.222 e. The van der Waals surface area contributed by atoms with Crippen LogP contribution >= 0.6 is 11.6 Å². The third-order valence-electron chi connectivity index (χ3n) is 7.56. The van der Waals surface area contributed by atoms with Gasteiger partial charge in [-0.25, -0.2) is 0 Å². The summed E-state index contributed by atoms with van der Waals surface area (Å²) in [6, 6.07) is 9.43. The number of halogens is 1. The van der Waals surface area contributed by atoms with E-state index in [-0.39, 0.29) is 5.41 Å². The zero-order chi connectivity index (χ0) is 19.6. The molecule has 0 bridgehead atoms. The Hall–Kier alpha value is -1.10. The summed E-state index contributed by atoms with van der Waals surface area (Å²) in [4.78, 5) is 17.1. The fourth-order valence-corrected chi connectivity index (χ4v) is 5.92. The number of carbonyl (C=O) groups is 1. The van der Waals surface area contributed by atoms with Crippen molar-refractivity contribution in [2.24, 2.45) is 5.73 Å².